The summed E-state index contributed by atoms with van der Waals surface area (Å²) in [7, 11) is 4.04. The summed E-state index contributed by atoms with van der Waals surface area (Å²) in [4.78, 5) is 48.3. The Labute approximate surface area is 201 Å². The van der Waals surface area contributed by atoms with E-state index in [-0.39, 0.29) is 24.0 Å². The lowest BCUT2D eigenvalue weighted by molar-refractivity contribution is -0.113. The summed E-state index contributed by atoms with van der Waals surface area (Å²) < 4.78 is 6.83. The second-order valence-electron chi connectivity index (χ2n) is 8.13. The standard InChI is InChI=1S/C22H31N5O4S2/c1-5-31-20(29)18-14(2)23-21(33-18)24-17(28)13-32-19-15-9-6-7-10-16(15)27(22(30)25-19)12-8-11-26(3)4/h5-13H2,1-4H3,(H,23,24,28). The number of aryl methyl sites for hydroxylation is 1. The quantitative estimate of drug-likeness (QED) is 0.306. The third-order valence-electron chi connectivity index (χ3n) is 5.28. The van der Waals surface area contributed by atoms with Gasteiger partial charge in [-0.15, -0.1) is 0 Å². The van der Waals surface area contributed by atoms with Gasteiger partial charge < -0.3 is 15.0 Å². The Bertz CT molecular complexity index is 1060. The van der Waals surface area contributed by atoms with E-state index in [2.05, 4.69) is 20.2 Å². The van der Waals surface area contributed by atoms with E-state index < -0.39 is 5.97 Å². The molecule has 9 nitrogen and oxygen atoms in total. The highest BCUT2D eigenvalue weighted by molar-refractivity contribution is 8.00. The zero-order valence-electron chi connectivity index (χ0n) is 19.6. The van der Waals surface area contributed by atoms with E-state index in [1.807, 2.05) is 18.7 Å². The minimum Gasteiger partial charge on any atom is -0.462 e. The van der Waals surface area contributed by atoms with Crippen molar-refractivity contribution < 1.29 is 14.3 Å². The molecule has 2 aromatic rings. The number of amides is 1. The molecule has 2 aromatic heterocycles. The summed E-state index contributed by atoms with van der Waals surface area (Å²) in [5.74, 6) is -0.591. The van der Waals surface area contributed by atoms with Gasteiger partial charge in [-0.25, -0.2) is 14.6 Å². The van der Waals surface area contributed by atoms with E-state index in [4.69, 9.17) is 4.74 Å². The van der Waals surface area contributed by atoms with Gasteiger partial charge in [-0.05, 0) is 66.6 Å². The smallest absolute Gasteiger partial charge is 0.350 e. The molecule has 0 aliphatic heterocycles. The molecule has 2 heterocycles. The Kier molecular flexibility index (Phi) is 9.04. The van der Waals surface area contributed by atoms with E-state index in [9.17, 15) is 14.4 Å². The van der Waals surface area contributed by atoms with Gasteiger partial charge in [0, 0.05) is 17.8 Å². The Morgan fingerprint density at radius 2 is 2.00 bits per heavy atom. The van der Waals surface area contributed by atoms with E-state index in [1.165, 1.54) is 11.8 Å². The van der Waals surface area contributed by atoms with E-state index >= 15 is 0 Å². The number of thiazole rings is 1. The van der Waals surface area contributed by atoms with Crippen LogP contribution in [0.3, 0.4) is 0 Å². The van der Waals surface area contributed by atoms with Gasteiger partial charge in [0.25, 0.3) is 0 Å². The first-order valence-electron chi connectivity index (χ1n) is 11.1. The normalized spacial score (nSPS) is 13.1. The maximum atomic E-state index is 12.8. The average molecular weight is 494 g/mol. The van der Waals surface area contributed by atoms with Crippen molar-refractivity contribution in [3.63, 3.8) is 0 Å². The number of anilines is 1. The number of nitrogens with zero attached hydrogens (tertiary/aromatic N) is 4. The lowest BCUT2D eigenvalue weighted by Crippen LogP contribution is -2.31. The first kappa shape index (κ1) is 25.4. The van der Waals surface area contributed by atoms with Gasteiger partial charge in [0.05, 0.1) is 18.1 Å². The van der Waals surface area contributed by atoms with Crippen LogP contribution >= 0.6 is 23.1 Å². The number of hydrogen-bond donors (Lipinski definition) is 1. The summed E-state index contributed by atoms with van der Waals surface area (Å²) in [6.45, 7) is 5.29. The number of carbonyl (C=O) groups excluding carboxylic acids is 2. The molecule has 0 atom stereocenters. The number of fused-ring (bicyclic) bond motifs is 1. The molecule has 33 heavy (non-hydrogen) atoms. The van der Waals surface area contributed by atoms with Gasteiger partial charge in [-0.2, -0.15) is 4.98 Å². The van der Waals surface area contributed by atoms with Gasteiger partial charge in [0.1, 0.15) is 9.90 Å². The van der Waals surface area contributed by atoms with Crippen molar-refractivity contribution in [2.45, 2.75) is 57.5 Å². The van der Waals surface area contributed by atoms with E-state index in [0.717, 1.165) is 61.2 Å². The van der Waals surface area contributed by atoms with Crippen LogP contribution in [0.15, 0.2) is 9.82 Å². The van der Waals surface area contributed by atoms with Crippen molar-refractivity contribution in [2.75, 3.05) is 38.3 Å². The van der Waals surface area contributed by atoms with Gasteiger partial charge in [0.15, 0.2) is 5.13 Å². The summed E-state index contributed by atoms with van der Waals surface area (Å²) in [6, 6.07) is 0. The van der Waals surface area contributed by atoms with Crippen molar-refractivity contribution in [3.05, 3.63) is 32.3 Å². The molecule has 3 rings (SSSR count). The number of ether oxygens (including phenoxy) is 1. The first-order valence-corrected chi connectivity index (χ1v) is 12.9. The molecule has 0 fully saturated rings. The molecule has 0 radical (unpaired) electrons. The number of aromatic nitrogens is 3. The topological polar surface area (TPSA) is 106 Å². The molecule has 0 saturated carbocycles. The van der Waals surface area contributed by atoms with Crippen molar-refractivity contribution in [1.29, 1.82) is 0 Å². The fourth-order valence-corrected chi connectivity index (χ4v) is 5.52. The molecule has 1 N–H and O–H groups in total. The van der Waals surface area contributed by atoms with Gasteiger partial charge in [-0.1, -0.05) is 23.1 Å². The second kappa shape index (κ2) is 11.8. The highest BCUT2D eigenvalue weighted by Gasteiger charge is 2.22. The zero-order chi connectivity index (χ0) is 24.0. The molecule has 1 aliphatic rings. The summed E-state index contributed by atoms with van der Waals surface area (Å²) in [5.41, 5.74) is 2.44. The molecular formula is C22H31N5O4S2. The monoisotopic (exact) mass is 493 g/mol. The summed E-state index contributed by atoms with van der Waals surface area (Å²) in [5, 5.41) is 3.74. The lowest BCUT2D eigenvalue weighted by atomic mass is 9.97. The van der Waals surface area contributed by atoms with Crippen LogP contribution in [0.1, 0.15) is 52.8 Å². The largest absolute Gasteiger partial charge is 0.462 e. The number of esters is 1. The molecule has 11 heteroatoms. The third-order valence-corrected chi connectivity index (χ3v) is 7.35. The highest BCUT2D eigenvalue weighted by atomic mass is 32.2. The minimum atomic E-state index is -0.440. The van der Waals surface area contributed by atoms with Crippen LogP contribution in [0, 0.1) is 6.92 Å². The van der Waals surface area contributed by atoms with Gasteiger partial charge >= 0.3 is 11.7 Å². The van der Waals surface area contributed by atoms with Gasteiger partial charge in [-0.3, -0.25) is 9.36 Å². The van der Waals surface area contributed by atoms with E-state index in [1.54, 1.807) is 13.8 Å². The van der Waals surface area contributed by atoms with Crippen molar-refractivity contribution in [3.8, 4) is 0 Å². The van der Waals surface area contributed by atoms with Crippen LogP contribution in [-0.2, 0) is 28.9 Å². The maximum Gasteiger partial charge on any atom is 0.350 e. The highest BCUT2D eigenvalue weighted by Crippen LogP contribution is 2.29. The number of rotatable bonds is 10. The first-order chi connectivity index (χ1) is 15.8. The predicted molar refractivity (Wildman–Crippen MR) is 130 cm³/mol. The average Bonchev–Trinajstić information content (AvgIpc) is 3.13. The Balaban J connectivity index is 1.68. The molecule has 1 amide bonds. The molecule has 0 unspecified atom stereocenters. The van der Waals surface area contributed by atoms with Crippen LogP contribution < -0.4 is 11.0 Å². The number of hydrogen-bond acceptors (Lipinski definition) is 9. The molecule has 180 valence electrons. The van der Waals surface area contributed by atoms with E-state index in [0.29, 0.717) is 27.3 Å². The molecule has 0 spiro atoms. The second-order valence-corrected chi connectivity index (χ2v) is 10.1. The SMILES string of the molecule is CCOC(=O)c1sc(NC(=O)CSc2nc(=O)n(CCCN(C)C)c3c2CCCC3)nc1C. The van der Waals surface area contributed by atoms with Crippen LogP contribution in [0.2, 0.25) is 0 Å². The Hall–Kier alpha value is -2.24. The molecule has 0 bridgehead atoms. The molecule has 0 saturated heterocycles. The van der Waals surface area contributed by atoms with Crippen molar-refractivity contribution >= 4 is 40.1 Å². The van der Waals surface area contributed by atoms with Crippen molar-refractivity contribution in [2.24, 2.45) is 0 Å². The summed E-state index contributed by atoms with van der Waals surface area (Å²) in [6.07, 6.45) is 4.73. The van der Waals surface area contributed by atoms with Crippen molar-refractivity contribution in [1.82, 2.24) is 19.4 Å². The predicted octanol–water partition coefficient (Wildman–Crippen LogP) is 2.75. The van der Waals surface area contributed by atoms with Crippen LogP contribution in [0.25, 0.3) is 0 Å². The summed E-state index contributed by atoms with van der Waals surface area (Å²) >= 11 is 2.38. The fraction of sp³-hybridized carbons (Fsp3) is 0.591. The van der Waals surface area contributed by atoms with Gasteiger partial charge in [0.2, 0.25) is 5.91 Å². The van der Waals surface area contributed by atoms with Crippen LogP contribution in [0.4, 0.5) is 5.13 Å². The molecular weight excluding hydrogens is 462 g/mol. The fourth-order valence-electron chi connectivity index (χ4n) is 3.77. The number of nitrogens with one attached hydrogen (secondary N) is 1. The Morgan fingerprint density at radius 3 is 2.73 bits per heavy atom. The molecule has 1 aliphatic carbocycles. The van der Waals surface area contributed by atoms with Crippen LogP contribution in [-0.4, -0.2) is 64.3 Å². The number of thioether (sulfide) groups is 1. The minimum absolute atomic E-state index is 0.108. The van der Waals surface area contributed by atoms with Crippen LogP contribution in [0.5, 0.6) is 0 Å². The maximum absolute atomic E-state index is 12.8. The Morgan fingerprint density at radius 1 is 1.24 bits per heavy atom. The molecule has 0 aromatic carbocycles. The lowest BCUT2D eigenvalue weighted by Gasteiger charge is -2.23. The zero-order valence-corrected chi connectivity index (χ0v) is 21.2. The number of carbonyl (C=O) groups is 2. The third kappa shape index (κ3) is 6.64.